The van der Waals surface area contributed by atoms with Gasteiger partial charge in [0, 0.05) is 0 Å². The van der Waals surface area contributed by atoms with Crippen molar-refractivity contribution in [1.29, 1.82) is 0 Å². The SMILES string of the molecule is COc1ccc(C(=O)OCCC(F)(F)C(F)(F)C(F)(F)C(F)(F)C(F)(F)C(F)(F)C(F)(F)C(F)(F)C(F)(F)C(F)(F)F)cc1. The van der Waals surface area contributed by atoms with Crippen LogP contribution in [0, 0.1) is 0 Å². The van der Waals surface area contributed by atoms with Crippen molar-refractivity contribution in [2.45, 2.75) is 65.9 Å². The summed E-state index contributed by atoms with van der Waals surface area (Å²) in [6, 6.07) is 3.69. The maximum Gasteiger partial charge on any atom is 0.460 e. The summed E-state index contributed by atoms with van der Waals surface area (Å²) in [6.45, 7) is -2.17. The van der Waals surface area contributed by atoms with E-state index >= 15 is 0 Å². The zero-order chi connectivity index (χ0) is 35.4. The summed E-state index contributed by atoms with van der Waals surface area (Å²) in [5.74, 6) is -79.3. The van der Waals surface area contributed by atoms with Crippen molar-refractivity contribution in [1.82, 2.24) is 0 Å². The smallest absolute Gasteiger partial charge is 0.460 e. The number of halogens is 21. The maximum absolute atomic E-state index is 13.9. The molecule has 44 heavy (non-hydrogen) atoms. The molecule has 0 unspecified atom stereocenters. The summed E-state index contributed by atoms with van der Waals surface area (Å²) in [7, 11) is 1.12. The molecule has 0 atom stereocenters. The van der Waals surface area contributed by atoms with E-state index in [1.54, 1.807) is 0 Å². The quantitative estimate of drug-likeness (QED) is 0.153. The van der Waals surface area contributed by atoms with Crippen LogP contribution in [0.4, 0.5) is 92.2 Å². The van der Waals surface area contributed by atoms with Crippen LogP contribution in [-0.2, 0) is 4.74 Å². The molecule has 24 heteroatoms. The third-order valence-corrected chi connectivity index (χ3v) is 5.55. The standard InChI is InChI=1S/C20H11F21O3/c1-43-9-4-2-8(3-5-9)10(42)44-7-6-11(21,22)12(23,24)13(25,26)14(27,28)15(29,30)16(31,32)17(33,34)18(35,36)19(37,38)20(39,40)41/h2-5H,6-7H2,1H3. The number of carbonyl (C=O) groups is 1. The first-order chi connectivity index (χ1) is 19.2. The molecule has 1 aromatic carbocycles. The molecule has 0 amide bonds. The molecule has 0 aliphatic heterocycles. The molecular weight excluding hydrogens is 687 g/mol. The van der Waals surface area contributed by atoms with Gasteiger partial charge in [-0.2, -0.15) is 92.2 Å². The van der Waals surface area contributed by atoms with Crippen LogP contribution in [0.2, 0.25) is 0 Å². The molecular formula is C20H11F21O3. The Morgan fingerprint density at radius 1 is 0.523 bits per heavy atom. The van der Waals surface area contributed by atoms with E-state index in [1.807, 2.05) is 0 Å². The molecule has 0 saturated carbocycles. The highest BCUT2D eigenvalue weighted by molar-refractivity contribution is 5.89. The molecule has 0 spiro atoms. The van der Waals surface area contributed by atoms with Gasteiger partial charge < -0.3 is 9.47 Å². The van der Waals surface area contributed by atoms with Crippen molar-refractivity contribution in [2.24, 2.45) is 0 Å². The zero-order valence-corrected chi connectivity index (χ0v) is 20.4. The van der Waals surface area contributed by atoms with E-state index in [0.717, 1.165) is 31.4 Å². The topological polar surface area (TPSA) is 35.5 Å². The molecule has 0 aromatic heterocycles. The highest BCUT2D eigenvalue weighted by atomic mass is 19.4. The number of carbonyl (C=O) groups excluding carboxylic acids is 1. The van der Waals surface area contributed by atoms with Gasteiger partial charge in [-0.15, -0.1) is 0 Å². The van der Waals surface area contributed by atoms with Crippen LogP contribution >= 0.6 is 0 Å². The lowest BCUT2D eigenvalue weighted by Gasteiger charge is -2.44. The summed E-state index contributed by atoms with van der Waals surface area (Å²) >= 11 is 0. The van der Waals surface area contributed by atoms with Crippen LogP contribution in [-0.4, -0.2) is 79.2 Å². The Labute approximate surface area is 228 Å². The van der Waals surface area contributed by atoms with Crippen molar-refractivity contribution >= 4 is 5.97 Å². The van der Waals surface area contributed by atoms with Crippen LogP contribution in [0.1, 0.15) is 16.8 Å². The minimum atomic E-state index is -9.23. The lowest BCUT2D eigenvalue weighted by Crippen LogP contribution is -2.76. The number of hydrogen-bond acceptors (Lipinski definition) is 3. The molecule has 3 nitrogen and oxygen atoms in total. The van der Waals surface area contributed by atoms with Crippen LogP contribution in [0.15, 0.2) is 24.3 Å². The number of hydrogen-bond donors (Lipinski definition) is 0. The molecule has 0 aliphatic rings. The van der Waals surface area contributed by atoms with Gasteiger partial charge in [-0.05, 0) is 24.3 Å². The molecule has 0 radical (unpaired) electrons. The first-order valence-corrected chi connectivity index (χ1v) is 10.5. The van der Waals surface area contributed by atoms with Gasteiger partial charge in [-0.25, -0.2) is 4.79 Å². The Bertz CT molecular complexity index is 1170. The van der Waals surface area contributed by atoms with Gasteiger partial charge in [-0.3, -0.25) is 0 Å². The van der Waals surface area contributed by atoms with Gasteiger partial charge in [-0.1, -0.05) is 0 Å². The van der Waals surface area contributed by atoms with Gasteiger partial charge in [0.2, 0.25) is 0 Å². The lowest BCUT2D eigenvalue weighted by atomic mass is 9.86. The van der Waals surface area contributed by atoms with Crippen LogP contribution in [0.25, 0.3) is 0 Å². The molecule has 0 fully saturated rings. The predicted molar refractivity (Wildman–Crippen MR) is 98.5 cm³/mol. The summed E-state index contributed by atoms with van der Waals surface area (Å²) < 4.78 is 289. The Morgan fingerprint density at radius 2 is 0.841 bits per heavy atom. The van der Waals surface area contributed by atoms with Crippen molar-refractivity contribution in [3.63, 3.8) is 0 Å². The van der Waals surface area contributed by atoms with Crippen molar-refractivity contribution in [3.05, 3.63) is 29.8 Å². The monoisotopic (exact) mass is 698 g/mol. The lowest BCUT2D eigenvalue weighted by molar-refractivity contribution is -0.474. The maximum atomic E-state index is 13.9. The number of rotatable bonds is 13. The van der Waals surface area contributed by atoms with E-state index in [9.17, 15) is 97.0 Å². The van der Waals surface area contributed by atoms with E-state index in [0.29, 0.717) is 0 Å². The Hall–Kier alpha value is -2.98. The largest absolute Gasteiger partial charge is 0.497 e. The molecule has 256 valence electrons. The van der Waals surface area contributed by atoms with Gasteiger partial charge in [0.05, 0.1) is 25.7 Å². The average Bonchev–Trinajstić information content (AvgIpc) is 2.86. The summed E-state index contributed by atoms with van der Waals surface area (Å²) in [4.78, 5) is 11.7. The van der Waals surface area contributed by atoms with Crippen molar-refractivity contribution in [3.8, 4) is 5.75 Å². The molecule has 0 N–H and O–H groups in total. The van der Waals surface area contributed by atoms with E-state index in [4.69, 9.17) is 0 Å². The van der Waals surface area contributed by atoms with Gasteiger partial charge in [0.15, 0.2) is 0 Å². The molecule has 0 saturated heterocycles. The van der Waals surface area contributed by atoms with Gasteiger partial charge >= 0.3 is 65.4 Å². The normalized spacial score (nSPS) is 15.3. The van der Waals surface area contributed by atoms with Crippen molar-refractivity contribution in [2.75, 3.05) is 13.7 Å². The first kappa shape index (κ1) is 39.0. The molecule has 1 rings (SSSR count). The molecule has 0 heterocycles. The number of esters is 1. The summed E-state index contributed by atoms with van der Waals surface area (Å²) in [6.07, 6.45) is -11.1. The second kappa shape index (κ2) is 11.1. The van der Waals surface area contributed by atoms with E-state index < -0.39 is 84.0 Å². The fourth-order valence-electron chi connectivity index (χ4n) is 2.83. The number of benzene rings is 1. The Kier molecular flexibility index (Phi) is 9.87. The molecule has 1 aromatic rings. The number of methoxy groups -OCH3 is 1. The van der Waals surface area contributed by atoms with Crippen LogP contribution in [0.5, 0.6) is 5.75 Å². The number of alkyl halides is 21. The Morgan fingerprint density at radius 3 is 1.16 bits per heavy atom. The number of ether oxygens (including phenoxy) is 2. The third kappa shape index (κ3) is 5.53. The molecule has 0 bridgehead atoms. The predicted octanol–water partition coefficient (Wildman–Crippen LogP) is 8.52. The zero-order valence-electron chi connectivity index (χ0n) is 20.4. The minimum Gasteiger partial charge on any atom is -0.497 e. The molecule has 0 aliphatic carbocycles. The van der Waals surface area contributed by atoms with Crippen LogP contribution < -0.4 is 4.74 Å². The summed E-state index contributed by atoms with van der Waals surface area (Å²) in [5.41, 5.74) is -0.589. The fraction of sp³-hybridized carbons (Fsp3) is 0.650. The summed E-state index contributed by atoms with van der Waals surface area (Å²) in [5, 5.41) is 0. The highest BCUT2D eigenvalue weighted by Gasteiger charge is 2.97. The fourth-order valence-corrected chi connectivity index (χ4v) is 2.83. The first-order valence-electron chi connectivity index (χ1n) is 10.5. The highest BCUT2D eigenvalue weighted by Crippen LogP contribution is 2.66. The van der Waals surface area contributed by atoms with E-state index in [1.165, 1.54) is 0 Å². The van der Waals surface area contributed by atoms with Crippen molar-refractivity contribution < 1.29 is 106 Å². The van der Waals surface area contributed by atoms with Gasteiger partial charge in [0.25, 0.3) is 0 Å². The third-order valence-electron chi connectivity index (χ3n) is 5.55. The van der Waals surface area contributed by atoms with Gasteiger partial charge in [0.1, 0.15) is 5.75 Å². The second-order valence-corrected chi connectivity index (χ2v) is 8.41. The van der Waals surface area contributed by atoms with Crippen LogP contribution in [0.3, 0.4) is 0 Å². The minimum absolute atomic E-state index is 0.0637. The van der Waals surface area contributed by atoms with E-state index in [-0.39, 0.29) is 5.75 Å². The average molecular weight is 698 g/mol. The second-order valence-electron chi connectivity index (χ2n) is 8.41. The van der Waals surface area contributed by atoms with E-state index in [2.05, 4.69) is 9.47 Å². The Balaban J connectivity index is 3.45.